The number of hydrogen-bond acceptors (Lipinski definition) is 3. The molecule has 24 heavy (non-hydrogen) atoms. The second-order valence-electron chi connectivity index (χ2n) is 7.32. The molecular formula is C21H35NO2. The van der Waals surface area contributed by atoms with Crippen LogP contribution in [0, 0.1) is 28.1 Å². The van der Waals surface area contributed by atoms with Gasteiger partial charge in [0.05, 0.1) is 24.0 Å². The van der Waals surface area contributed by atoms with Gasteiger partial charge in [0.25, 0.3) is 0 Å². The summed E-state index contributed by atoms with van der Waals surface area (Å²) in [6, 6.07) is 2.33. The summed E-state index contributed by atoms with van der Waals surface area (Å²) in [5.41, 5.74) is 0.525. The summed E-state index contributed by atoms with van der Waals surface area (Å²) < 4.78 is 5.08. The molecule has 1 aliphatic rings. The van der Waals surface area contributed by atoms with Crippen LogP contribution in [-0.4, -0.2) is 13.1 Å². The summed E-state index contributed by atoms with van der Waals surface area (Å²) in [5.74, 6) is 0.0605. The first-order chi connectivity index (χ1) is 11.2. The zero-order valence-corrected chi connectivity index (χ0v) is 16.6. The van der Waals surface area contributed by atoms with Crippen molar-refractivity contribution in [3.63, 3.8) is 0 Å². The van der Waals surface area contributed by atoms with Gasteiger partial charge in [0.1, 0.15) is 0 Å². The molecule has 1 aliphatic carbocycles. The average molecular weight is 334 g/mol. The molecule has 0 aromatic rings. The Morgan fingerprint density at radius 3 is 2.38 bits per heavy atom. The van der Waals surface area contributed by atoms with Crippen LogP contribution in [0.15, 0.2) is 23.8 Å². The lowest BCUT2D eigenvalue weighted by Gasteiger charge is -2.35. The van der Waals surface area contributed by atoms with Crippen LogP contribution in [0.1, 0.15) is 73.6 Å². The monoisotopic (exact) mass is 333 g/mol. The van der Waals surface area contributed by atoms with Gasteiger partial charge in [-0.1, -0.05) is 50.5 Å². The van der Waals surface area contributed by atoms with E-state index in [9.17, 15) is 4.79 Å². The van der Waals surface area contributed by atoms with Crippen molar-refractivity contribution in [3.05, 3.63) is 23.8 Å². The number of esters is 1. The molecule has 1 rings (SSSR count). The third-order valence-electron chi connectivity index (χ3n) is 4.79. The predicted molar refractivity (Wildman–Crippen MR) is 100 cm³/mol. The Balaban J connectivity index is 0.00000254. The number of hydrogen-bond donors (Lipinski definition) is 0. The molecule has 0 fully saturated rings. The number of nitriles is 1. The number of allylic oxidation sites excluding steroid dienone is 4. The third-order valence-corrected chi connectivity index (χ3v) is 4.79. The number of carbonyl (C=O) groups is 1. The van der Waals surface area contributed by atoms with E-state index in [0.29, 0.717) is 0 Å². The van der Waals surface area contributed by atoms with E-state index in [1.165, 1.54) is 12.7 Å². The molecule has 2 atom stereocenters. The van der Waals surface area contributed by atoms with Crippen molar-refractivity contribution in [1.82, 2.24) is 0 Å². The zero-order chi connectivity index (χ0) is 18.8. The average Bonchev–Trinajstić information content (AvgIpc) is 2.59. The molecule has 3 nitrogen and oxygen atoms in total. The summed E-state index contributed by atoms with van der Waals surface area (Å²) >= 11 is 0. The quantitative estimate of drug-likeness (QED) is 0.435. The number of unbranched alkanes of at least 4 members (excludes halogenated alkanes) is 1. The molecule has 0 radical (unpaired) electrons. The topological polar surface area (TPSA) is 50.1 Å². The van der Waals surface area contributed by atoms with E-state index in [2.05, 4.69) is 25.1 Å². The van der Waals surface area contributed by atoms with Gasteiger partial charge in [-0.15, -0.1) is 0 Å². The minimum atomic E-state index is -0.489. The Kier molecular flexibility index (Phi) is 9.66. The maximum Gasteiger partial charge on any atom is 0.312 e. The predicted octanol–water partition coefficient (Wildman–Crippen LogP) is 5.82. The molecule has 0 bridgehead atoms. The fourth-order valence-electron chi connectivity index (χ4n) is 3.06. The van der Waals surface area contributed by atoms with Gasteiger partial charge in [-0.3, -0.25) is 4.79 Å². The fraction of sp³-hybridized carbons (Fsp3) is 0.714. The maximum atomic E-state index is 12.4. The van der Waals surface area contributed by atoms with Crippen LogP contribution < -0.4 is 0 Å². The highest BCUT2D eigenvalue weighted by Crippen LogP contribution is 2.41. The molecule has 0 aromatic carbocycles. The molecule has 0 N–H and O–H groups in total. The molecule has 0 heterocycles. The van der Waals surface area contributed by atoms with E-state index in [1.54, 1.807) is 0 Å². The number of methoxy groups -OCH3 is 1. The van der Waals surface area contributed by atoms with Gasteiger partial charge in [-0.05, 0) is 52.9 Å². The van der Waals surface area contributed by atoms with Crippen molar-refractivity contribution >= 4 is 5.97 Å². The SMILES string of the molecule is CC.COC(=O)C(C)(CCCCC(C)(C)C#N)C1C=CC=C(C)C1. The van der Waals surface area contributed by atoms with E-state index in [-0.39, 0.29) is 17.3 Å². The highest BCUT2D eigenvalue weighted by molar-refractivity contribution is 5.77. The largest absolute Gasteiger partial charge is 0.469 e. The van der Waals surface area contributed by atoms with Crippen molar-refractivity contribution in [1.29, 1.82) is 5.26 Å². The van der Waals surface area contributed by atoms with Crippen LogP contribution in [0.4, 0.5) is 0 Å². The number of nitrogens with zero attached hydrogens (tertiary/aromatic N) is 1. The van der Waals surface area contributed by atoms with Gasteiger partial charge in [0, 0.05) is 0 Å². The van der Waals surface area contributed by atoms with Gasteiger partial charge in [-0.25, -0.2) is 0 Å². The lowest BCUT2D eigenvalue weighted by Crippen LogP contribution is -2.37. The Labute approximate surface area is 148 Å². The Morgan fingerprint density at radius 2 is 1.88 bits per heavy atom. The summed E-state index contributed by atoms with van der Waals surface area (Å²) in [6.45, 7) is 12.0. The highest BCUT2D eigenvalue weighted by atomic mass is 16.5. The van der Waals surface area contributed by atoms with Crippen molar-refractivity contribution in [2.75, 3.05) is 7.11 Å². The van der Waals surface area contributed by atoms with Crippen molar-refractivity contribution < 1.29 is 9.53 Å². The zero-order valence-electron chi connectivity index (χ0n) is 16.6. The number of rotatable bonds is 7. The van der Waals surface area contributed by atoms with Gasteiger partial charge < -0.3 is 4.74 Å². The van der Waals surface area contributed by atoms with Gasteiger partial charge in [0.15, 0.2) is 0 Å². The molecule has 0 saturated carbocycles. The lowest BCUT2D eigenvalue weighted by atomic mass is 9.69. The molecular weight excluding hydrogens is 298 g/mol. The van der Waals surface area contributed by atoms with E-state index in [4.69, 9.17) is 10.00 Å². The summed E-state index contributed by atoms with van der Waals surface area (Å²) in [7, 11) is 1.47. The summed E-state index contributed by atoms with van der Waals surface area (Å²) in [6.07, 6.45) is 10.7. The summed E-state index contributed by atoms with van der Waals surface area (Å²) in [5, 5.41) is 9.07. The minimum absolute atomic E-state index is 0.128. The first-order valence-corrected chi connectivity index (χ1v) is 9.09. The first-order valence-electron chi connectivity index (χ1n) is 9.09. The van der Waals surface area contributed by atoms with Crippen molar-refractivity contribution in [2.45, 2.75) is 73.6 Å². The molecule has 2 unspecified atom stereocenters. The standard InChI is InChI=1S/C19H29NO2.C2H6/c1-15-9-8-10-16(13-15)19(4,17(21)22-5)12-7-6-11-18(2,3)14-20;1-2/h8-10,16H,6-7,11-13H2,1-5H3;1-2H3. The molecule has 0 spiro atoms. The second kappa shape index (κ2) is 10.3. The van der Waals surface area contributed by atoms with Crippen molar-refractivity contribution in [3.8, 4) is 6.07 Å². The number of ether oxygens (including phenoxy) is 1. The molecule has 3 heteroatoms. The van der Waals surface area contributed by atoms with E-state index < -0.39 is 5.41 Å². The Morgan fingerprint density at radius 1 is 1.29 bits per heavy atom. The lowest BCUT2D eigenvalue weighted by molar-refractivity contribution is -0.154. The fourth-order valence-corrected chi connectivity index (χ4v) is 3.06. The van der Waals surface area contributed by atoms with Gasteiger partial charge >= 0.3 is 5.97 Å². The van der Waals surface area contributed by atoms with Crippen LogP contribution in [0.3, 0.4) is 0 Å². The maximum absolute atomic E-state index is 12.4. The third kappa shape index (κ3) is 6.51. The number of carbonyl (C=O) groups excluding carboxylic acids is 1. The van der Waals surface area contributed by atoms with Crippen LogP contribution in [-0.2, 0) is 9.53 Å². The normalized spacial score (nSPS) is 19.2. The highest BCUT2D eigenvalue weighted by Gasteiger charge is 2.41. The Hall–Kier alpha value is -1.56. The van der Waals surface area contributed by atoms with Crippen LogP contribution in [0.5, 0.6) is 0 Å². The van der Waals surface area contributed by atoms with Gasteiger partial charge in [-0.2, -0.15) is 5.26 Å². The van der Waals surface area contributed by atoms with Crippen LogP contribution >= 0.6 is 0 Å². The van der Waals surface area contributed by atoms with E-state index in [0.717, 1.165) is 32.1 Å². The molecule has 0 amide bonds. The molecule has 0 aliphatic heterocycles. The molecule has 0 aromatic heterocycles. The summed E-state index contributed by atoms with van der Waals surface area (Å²) in [4.78, 5) is 12.4. The van der Waals surface area contributed by atoms with E-state index in [1.807, 2.05) is 40.7 Å². The first kappa shape index (κ1) is 22.4. The smallest absolute Gasteiger partial charge is 0.312 e. The van der Waals surface area contributed by atoms with Crippen LogP contribution in [0.25, 0.3) is 0 Å². The minimum Gasteiger partial charge on any atom is -0.469 e. The second-order valence-corrected chi connectivity index (χ2v) is 7.32. The van der Waals surface area contributed by atoms with E-state index >= 15 is 0 Å². The molecule has 136 valence electrons. The van der Waals surface area contributed by atoms with Crippen LogP contribution in [0.2, 0.25) is 0 Å². The molecule has 0 saturated heterocycles. The Bertz CT molecular complexity index is 496. The van der Waals surface area contributed by atoms with Crippen molar-refractivity contribution in [2.24, 2.45) is 16.7 Å². The van der Waals surface area contributed by atoms with Gasteiger partial charge in [0.2, 0.25) is 0 Å².